The number of aromatic carboxylic acids is 1. The summed E-state index contributed by atoms with van der Waals surface area (Å²) in [7, 11) is 0. The molecule has 1 atom stereocenters. The molecule has 1 fully saturated rings. The van der Waals surface area contributed by atoms with Gasteiger partial charge in [0.2, 0.25) is 0 Å². The van der Waals surface area contributed by atoms with Crippen LogP contribution in [0.5, 0.6) is 0 Å². The van der Waals surface area contributed by atoms with Crippen LogP contribution in [0.3, 0.4) is 0 Å². The Morgan fingerprint density at radius 2 is 2.39 bits per heavy atom. The molecular weight excluding hydrogens is 232 g/mol. The van der Waals surface area contributed by atoms with Crippen LogP contribution in [0.4, 0.5) is 0 Å². The number of nitrogens with zero attached hydrogens (tertiary/aromatic N) is 2. The van der Waals surface area contributed by atoms with E-state index in [0.717, 1.165) is 19.4 Å². The number of carbonyl (C=O) groups is 1. The fraction of sp³-hybridized carbons (Fsp3) is 0.692. The molecule has 5 heteroatoms. The van der Waals surface area contributed by atoms with E-state index in [2.05, 4.69) is 23.9 Å². The largest absolute Gasteiger partial charge is 0.476 e. The molecule has 1 aromatic heterocycles. The molecule has 1 unspecified atom stereocenters. The quantitative estimate of drug-likeness (QED) is 0.889. The minimum absolute atomic E-state index is 0.00286. The molecule has 5 nitrogen and oxygen atoms in total. The average Bonchev–Trinajstić information content (AvgIpc) is 2.78. The first-order valence-corrected chi connectivity index (χ1v) is 6.52. The minimum atomic E-state index is -1.03. The Morgan fingerprint density at radius 1 is 1.61 bits per heavy atom. The number of likely N-dealkylation sites (tertiary alicyclic amines) is 1. The van der Waals surface area contributed by atoms with E-state index >= 15 is 0 Å². The normalized spacial score (nSPS) is 21.4. The summed E-state index contributed by atoms with van der Waals surface area (Å²) < 4.78 is 5.10. The third-order valence-electron chi connectivity index (χ3n) is 3.55. The van der Waals surface area contributed by atoms with Crippen LogP contribution in [0.2, 0.25) is 0 Å². The maximum absolute atomic E-state index is 10.7. The van der Waals surface area contributed by atoms with Crippen molar-refractivity contribution < 1.29 is 14.4 Å². The lowest BCUT2D eigenvalue weighted by atomic mass is 9.97. The molecule has 1 N–H and O–H groups in total. The van der Waals surface area contributed by atoms with Crippen LogP contribution in [0.25, 0.3) is 0 Å². The van der Waals surface area contributed by atoms with Crippen molar-refractivity contribution >= 4 is 5.97 Å². The van der Waals surface area contributed by atoms with Crippen molar-refractivity contribution in [2.75, 3.05) is 6.54 Å². The van der Waals surface area contributed by atoms with Crippen molar-refractivity contribution in [1.29, 1.82) is 0 Å². The standard InChI is InChI=1S/C13H20N2O3/c1-9(2)15-6-4-3-5-10(15)7-11-8-12(13(16)17)14-18-11/h8-10H,3-7H2,1-2H3,(H,16,17). The van der Waals surface area contributed by atoms with Crippen LogP contribution < -0.4 is 0 Å². The van der Waals surface area contributed by atoms with Crippen molar-refractivity contribution in [3.63, 3.8) is 0 Å². The first-order valence-electron chi connectivity index (χ1n) is 6.52. The molecule has 2 rings (SSSR count). The van der Waals surface area contributed by atoms with E-state index in [1.807, 2.05) is 0 Å². The van der Waals surface area contributed by atoms with Crippen molar-refractivity contribution in [2.45, 2.75) is 51.6 Å². The van der Waals surface area contributed by atoms with Crippen molar-refractivity contribution in [3.05, 3.63) is 17.5 Å². The Kier molecular flexibility index (Phi) is 4.01. The molecule has 1 aliphatic heterocycles. The van der Waals surface area contributed by atoms with Crippen LogP contribution in [0.15, 0.2) is 10.6 Å². The van der Waals surface area contributed by atoms with Gasteiger partial charge in [-0.05, 0) is 33.2 Å². The molecular formula is C13H20N2O3. The molecule has 1 aliphatic rings. The van der Waals surface area contributed by atoms with Crippen LogP contribution in [0, 0.1) is 0 Å². The Bertz CT molecular complexity index is 414. The van der Waals surface area contributed by atoms with Crippen LogP contribution in [-0.2, 0) is 6.42 Å². The predicted octanol–water partition coefficient (Wildman–Crippen LogP) is 2.18. The summed E-state index contributed by atoms with van der Waals surface area (Å²) in [5, 5.41) is 12.4. The zero-order valence-corrected chi connectivity index (χ0v) is 10.9. The highest BCUT2D eigenvalue weighted by atomic mass is 16.5. The van der Waals surface area contributed by atoms with Gasteiger partial charge in [0, 0.05) is 24.6 Å². The number of piperidine rings is 1. The topological polar surface area (TPSA) is 66.6 Å². The van der Waals surface area contributed by atoms with Crippen molar-refractivity contribution in [1.82, 2.24) is 10.1 Å². The van der Waals surface area contributed by atoms with E-state index < -0.39 is 5.97 Å². The zero-order chi connectivity index (χ0) is 13.1. The smallest absolute Gasteiger partial charge is 0.358 e. The molecule has 100 valence electrons. The van der Waals surface area contributed by atoms with Crippen molar-refractivity contribution in [2.24, 2.45) is 0 Å². The van der Waals surface area contributed by atoms with E-state index in [4.69, 9.17) is 9.63 Å². The van der Waals surface area contributed by atoms with Gasteiger partial charge in [-0.25, -0.2) is 4.79 Å². The SMILES string of the molecule is CC(C)N1CCCCC1Cc1cc(C(=O)O)no1. The second kappa shape index (κ2) is 5.52. The van der Waals surface area contributed by atoms with E-state index in [9.17, 15) is 4.79 Å². The van der Waals surface area contributed by atoms with Gasteiger partial charge < -0.3 is 9.63 Å². The monoisotopic (exact) mass is 252 g/mol. The van der Waals surface area contributed by atoms with Crippen LogP contribution in [-0.4, -0.2) is 39.8 Å². The van der Waals surface area contributed by atoms with Crippen LogP contribution >= 0.6 is 0 Å². The van der Waals surface area contributed by atoms with Crippen LogP contribution in [0.1, 0.15) is 49.4 Å². The second-order valence-corrected chi connectivity index (χ2v) is 5.17. The summed E-state index contributed by atoms with van der Waals surface area (Å²) in [5.74, 6) is -0.362. The Hall–Kier alpha value is -1.36. The number of carboxylic acids is 1. The van der Waals surface area contributed by atoms with Gasteiger partial charge in [-0.2, -0.15) is 0 Å². The maximum atomic E-state index is 10.7. The average molecular weight is 252 g/mol. The lowest BCUT2D eigenvalue weighted by molar-refractivity contribution is 0.0685. The van der Waals surface area contributed by atoms with Gasteiger partial charge in [0.05, 0.1) is 0 Å². The fourth-order valence-electron chi connectivity index (χ4n) is 2.66. The van der Waals surface area contributed by atoms with Gasteiger partial charge in [0.1, 0.15) is 5.76 Å². The molecule has 0 bridgehead atoms. The zero-order valence-electron chi connectivity index (χ0n) is 10.9. The number of rotatable bonds is 4. The number of carboxylic acid groups (broad SMARTS) is 1. The number of hydrogen-bond donors (Lipinski definition) is 1. The molecule has 0 aromatic carbocycles. The summed E-state index contributed by atoms with van der Waals surface area (Å²) in [6.07, 6.45) is 4.36. The molecule has 0 saturated carbocycles. The first kappa shape index (κ1) is 13.1. The molecule has 1 saturated heterocycles. The summed E-state index contributed by atoms with van der Waals surface area (Å²) in [4.78, 5) is 13.2. The lowest BCUT2D eigenvalue weighted by Gasteiger charge is -2.38. The number of aromatic nitrogens is 1. The summed E-state index contributed by atoms with van der Waals surface area (Å²) in [5.41, 5.74) is -0.00286. The molecule has 18 heavy (non-hydrogen) atoms. The summed E-state index contributed by atoms with van der Waals surface area (Å²) in [6.45, 7) is 5.50. The molecule has 0 spiro atoms. The highest BCUT2D eigenvalue weighted by Crippen LogP contribution is 2.23. The number of hydrogen-bond acceptors (Lipinski definition) is 4. The third kappa shape index (κ3) is 2.90. The second-order valence-electron chi connectivity index (χ2n) is 5.17. The van der Waals surface area contributed by atoms with Gasteiger partial charge in [-0.3, -0.25) is 4.90 Å². The Labute approximate surface area is 107 Å². The molecule has 0 radical (unpaired) electrons. The maximum Gasteiger partial charge on any atom is 0.358 e. The third-order valence-corrected chi connectivity index (χ3v) is 3.55. The fourth-order valence-corrected chi connectivity index (χ4v) is 2.66. The molecule has 0 aliphatic carbocycles. The van der Waals surface area contributed by atoms with Gasteiger partial charge >= 0.3 is 5.97 Å². The van der Waals surface area contributed by atoms with Gasteiger partial charge in [-0.15, -0.1) is 0 Å². The predicted molar refractivity (Wildman–Crippen MR) is 66.6 cm³/mol. The summed E-state index contributed by atoms with van der Waals surface area (Å²) in [6, 6.07) is 2.49. The lowest BCUT2D eigenvalue weighted by Crippen LogP contribution is -2.44. The highest BCUT2D eigenvalue weighted by Gasteiger charge is 2.26. The first-order chi connectivity index (χ1) is 8.58. The molecule has 0 amide bonds. The van der Waals surface area contributed by atoms with E-state index in [1.165, 1.54) is 18.9 Å². The molecule has 1 aromatic rings. The van der Waals surface area contributed by atoms with Gasteiger partial charge in [0.15, 0.2) is 5.69 Å². The van der Waals surface area contributed by atoms with E-state index in [0.29, 0.717) is 17.8 Å². The Balaban J connectivity index is 2.03. The Morgan fingerprint density at radius 3 is 3.00 bits per heavy atom. The molecule has 2 heterocycles. The minimum Gasteiger partial charge on any atom is -0.476 e. The summed E-state index contributed by atoms with van der Waals surface area (Å²) >= 11 is 0. The van der Waals surface area contributed by atoms with Crippen molar-refractivity contribution in [3.8, 4) is 0 Å². The van der Waals surface area contributed by atoms with E-state index in [-0.39, 0.29) is 5.69 Å². The van der Waals surface area contributed by atoms with Gasteiger partial charge in [-0.1, -0.05) is 11.6 Å². The van der Waals surface area contributed by atoms with E-state index in [1.54, 1.807) is 0 Å². The highest BCUT2D eigenvalue weighted by molar-refractivity contribution is 5.85. The van der Waals surface area contributed by atoms with Gasteiger partial charge in [0.25, 0.3) is 0 Å².